The van der Waals surface area contributed by atoms with Crippen LogP contribution in [0.1, 0.15) is 37.2 Å². The molecule has 9 nitrogen and oxygen atoms in total. The number of piperidine rings is 1. The van der Waals surface area contributed by atoms with Crippen molar-refractivity contribution in [1.29, 1.82) is 0 Å². The summed E-state index contributed by atoms with van der Waals surface area (Å²) >= 11 is 0. The van der Waals surface area contributed by atoms with E-state index in [1.165, 1.54) is 0 Å². The van der Waals surface area contributed by atoms with E-state index in [4.69, 9.17) is 4.84 Å². The molecule has 2 aliphatic rings. The molecule has 2 N–H and O–H groups in total. The van der Waals surface area contributed by atoms with Gasteiger partial charge in [0.15, 0.2) is 5.60 Å². The molecule has 1 fully saturated rings. The zero-order valence-corrected chi connectivity index (χ0v) is 16.9. The molecule has 0 bridgehead atoms. The summed E-state index contributed by atoms with van der Waals surface area (Å²) in [4.78, 5) is 30.2. The Hall–Kier alpha value is -2.89. The lowest BCUT2D eigenvalue weighted by molar-refractivity contribution is -0.141. The van der Waals surface area contributed by atoms with E-state index in [0.29, 0.717) is 31.8 Å². The van der Waals surface area contributed by atoms with Crippen molar-refractivity contribution in [2.24, 2.45) is 5.16 Å². The number of nitrogens with one attached hydrogen (secondary N) is 2. The molecule has 4 heterocycles. The minimum absolute atomic E-state index is 0.247. The van der Waals surface area contributed by atoms with Crippen molar-refractivity contribution < 1.29 is 22.8 Å². The molecule has 168 valence electrons. The summed E-state index contributed by atoms with van der Waals surface area (Å²) in [6.07, 6.45) is 4.32. The van der Waals surface area contributed by atoms with Gasteiger partial charge < -0.3 is 19.7 Å². The molecule has 12 heteroatoms. The minimum atomic E-state index is -4.45. The number of H-pyrrole nitrogens is 1. The van der Waals surface area contributed by atoms with E-state index in [1.807, 2.05) is 15.7 Å². The SMILES string of the molecule is O=C(NCCCn1ccnc1)C1=NO[C@@]2(CCCN(Cc3ncc(C(F)(F)F)[nH]3)C2)C1. The Morgan fingerprint density at radius 2 is 2.26 bits per heavy atom. The lowest BCUT2D eigenvalue weighted by Gasteiger charge is -2.37. The molecule has 1 saturated heterocycles. The first-order valence-electron chi connectivity index (χ1n) is 10.2. The summed E-state index contributed by atoms with van der Waals surface area (Å²) in [6, 6.07) is 0. The quantitative estimate of drug-likeness (QED) is 0.643. The molecule has 0 saturated carbocycles. The van der Waals surface area contributed by atoms with Crippen LogP contribution in [-0.2, 0) is 28.9 Å². The van der Waals surface area contributed by atoms with Crippen LogP contribution in [0, 0.1) is 0 Å². The van der Waals surface area contributed by atoms with Crippen LogP contribution in [0.4, 0.5) is 13.2 Å². The third-order valence-electron chi connectivity index (χ3n) is 5.46. The van der Waals surface area contributed by atoms with E-state index >= 15 is 0 Å². The van der Waals surface area contributed by atoms with Gasteiger partial charge in [-0.15, -0.1) is 0 Å². The van der Waals surface area contributed by atoms with Crippen molar-refractivity contribution in [3.05, 3.63) is 36.4 Å². The maximum atomic E-state index is 12.8. The fraction of sp³-hybridized carbons (Fsp3) is 0.579. The number of alkyl halides is 3. The standard InChI is InChI=1S/C19H24F3N7O2/c20-19(21,22)15-10-25-16(26-15)11-29-6-1-3-18(12-29)9-14(27-31-18)17(30)24-4-2-7-28-8-5-23-13-28/h5,8,10,13H,1-4,6-7,9,11-12H2,(H,24,30)(H,25,26)/t18-/m0/s1. The molecule has 31 heavy (non-hydrogen) atoms. The van der Waals surface area contributed by atoms with E-state index in [0.717, 1.165) is 32.0 Å². The predicted octanol–water partition coefficient (Wildman–Crippen LogP) is 1.94. The van der Waals surface area contributed by atoms with Gasteiger partial charge in [-0.2, -0.15) is 13.2 Å². The summed E-state index contributed by atoms with van der Waals surface area (Å²) in [7, 11) is 0. The summed E-state index contributed by atoms with van der Waals surface area (Å²) in [6.45, 7) is 2.69. The van der Waals surface area contributed by atoms with Gasteiger partial charge in [0.25, 0.3) is 5.91 Å². The van der Waals surface area contributed by atoms with Crippen molar-refractivity contribution in [3.63, 3.8) is 0 Å². The number of carbonyl (C=O) groups is 1. The highest BCUT2D eigenvalue weighted by Crippen LogP contribution is 2.34. The van der Waals surface area contributed by atoms with Crippen LogP contribution in [0.3, 0.4) is 0 Å². The van der Waals surface area contributed by atoms with Crippen LogP contribution >= 0.6 is 0 Å². The Balaban J connectivity index is 1.25. The molecule has 0 radical (unpaired) electrons. The Morgan fingerprint density at radius 1 is 1.39 bits per heavy atom. The third kappa shape index (κ3) is 5.24. The number of aromatic nitrogens is 4. The number of aromatic amines is 1. The number of hydrogen-bond donors (Lipinski definition) is 2. The number of aryl methyl sites for hydroxylation is 1. The summed E-state index contributed by atoms with van der Waals surface area (Å²) in [5.41, 5.74) is -1.13. The third-order valence-corrected chi connectivity index (χ3v) is 5.46. The molecular formula is C19H24F3N7O2. The number of nitrogens with zero attached hydrogens (tertiary/aromatic N) is 5. The van der Waals surface area contributed by atoms with Gasteiger partial charge in [0, 0.05) is 38.4 Å². The Labute approximate surface area is 176 Å². The first-order chi connectivity index (χ1) is 14.8. The van der Waals surface area contributed by atoms with Crippen molar-refractivity contribution in [2.45, 2.75) is 50.6 Å². The first kappa shape index (κ1) is 21.3. The average molecular weight is 439 g/mol. The maximum Gasteiger partial charge on any atom is 0.432 e. The van der Waals surface area contributed by atoms with Crippen LogP contribution in [0.15, 0.2) is 30.1 Å². The van der Waals surface area contributed by atoms with Gasteiger partial charge in [-0.3, -0.25) is 9.69 Å². The Bertz CT molecular complexity index is 925. The molecule has 2 aromatic rings. The number of rotatable bonds is 7. The van der Waals surface area contributed by atoms with Gasteiger partial charge in [-0.1, -0.05) is 5.16 Å². The van der Waals surface area contributed by atoms with Gasteiger partial charge in [0.05, 0.1) is 19.1 Å². The molecule has 0 aliphatic carbocycles. The van der Waals surface area contributed by atoms with Crippen LogP contribution in [0.5, 0.6) is 0 Å². The fourth-order valence-electron chi connectivity index (χ4n) is 3.97. The van der Waals surface area contributed by atoms with E-state index in [-0.39, 0.29) is 18.3 Å². The molecular weight excluding hydrogens is 415 g/mol. The summed E-state index contributed by atoms with van der Waals surface area (Å²) in [5.74, 6) is -0.000341. The smallest absolute Gasteiger partial charge is 0.387 e. The topological polar surface area (TPSA) is 100 Å². The van der Waals surface area contributed by atoms with Crippen molar-refractivity contribution in [1.82, 2.24) is 29.7 Å². The number of oxime groups is 1. The number of likely N-dealkylation sites (tertiary alicyclic amines) is 1. The van der Waals surface area contributed by atoms with Crippen LogP contribution in [0.2, 0.25) is 0 Å². The fourth-order valence-corrected chi connectivity index (χ4v) is 3.97. The average Bonchev–Trinajstić information content (AvgIpc) is 3.46. The zero-order chi connectivity index (χ0) is 21.9. The van der Waals surface area contributed by atoms with Gasteiger partial charge in [-0.25, -0.2) is 9.97 Å². The second kappa shape index (κ2) is 8.69. The number of imidazole rings is 2. The number of halogens is 3. The summed E-state index contributed by atoms with van der Waals surface area (Å²) < 4.78 is 40.2. The monoisotopic (exact) mass is 439 g/mol. The van der Waals surface area contributed by atoms with Gasteiger partial charge >= 0.3 is 6.18 Å². The molecule has 4 rings (SSSR count). The van der Waals surface area contributed by atoms with E-state index in [9.17, 15) is 18.0 Å². The number of hydrogen-bond acceptors (Lipinski definition) is 6. The molecule has 0 aromatic carbocycles. The minimum Gasteiger partial charge on any atom is -0.387 e. The molecule has 1 spiro atoms. The number of carbonyl (C=O) groups excluding carboxylic acids is 1. The predicted molar refractivity (Wildman–Crippen MR) is 104 cm³/mol. The molecule has 2 aromatic heterocycles. The number of amides is 1. The zero-order valence-electron chi connectivity index (χ0n) is 16.9. The van der Waals surface area contributed by atoms with Gasteiger partial charge in [-0.05, 0) is 25.8 Å². The molecule has 0 unspecified atom stereocenters. The van der Waals surface area contributed by atoms with Crippen molar-refractivity contribution >= 4 is 11.6 Å². The normalized spacial score (nSPS) is 21.8. The highest BCUT2D eigenvalue weighted by atomic mass is 19.4. The van der Waals surface area contributed by atoms with Gasteiger partial charge in [0.1, 0.15) is 17.2 Å². The van der Waals surface area contributed by atoms with Crippen LogP contribution in [0.25, 0.3) is 0 Å². The molecule has 1 atom stereocenters. The first-order valence-corrected chi connectivity index (χ1v) is 10.2. The lowest BCUT2D eigenvalue weighted by atomic mass is 9.88. The molecule has 1 amide bonds. The Morgan fingerprint density at radius 3 is 3.00 bits per heavy atom. The Kier molecular flexibility index (Phi) is 5.99. The van der Waals surface area contributed by atoms with Crippen molar-refractivity contribution in [2.75, 3.05) is 19.6 Å². The second-order valence-corrected chi connectivity index (χ2v) is 7.95. The van der Waals surface area contributed by atoms with Gasteiger partial charge in [0.2, 0.25) is 0 Å². The second-order valence-electron chi connectivity index (χ2n) is 7.95. The van der Waals surface area contributed by atoms with E-state index in [1.54, 1.807) is 12.5 Å². The highest BCUT2D eigenvalue weighted by molar-refractivity contribution is 6.39. The molecule has 2 aliphatic heterocycles. The lowest BCUT2D eigenvalue weighted by Crippen LogP contribution is -2.48. The maximum absolute atomic E-state index is 12.8. The highest BCUT2D eigenvalue weighted by Gasteiger charge is 2.44. The largest absolute Gasteiger partial charge is 0.432 e. The summed E-state index contributed by atoms with van der Waals surface area (Å²) in [5, 5.41) is 6.87. The van der Waals surface area contributed by atoms with Crippen LogP contribution < -0.4 is 5.32 Å². The van der Waals surface area contributed by atoms with E-state index < -0.39 is 17.5 Å². The van der Waals surface area contributed by atoms with Crippen LogP contribution in [-0.4, -0.2) is 61.3 Å². The van der Waals surface area contributed by atoms with Crippen molar-refractivity contribution in [3.8, 4) is 0 Å². The van der Waals surface area contributed by atoms with E-state index in [2.05, 4.69) is 25.4 Å².